The first kappa shape index (κ1) is 12.0. The first-order chi connectivity index (χ1) is 8.60. The number of ether oxygens (including phenoxy) is 1. The molecule has 2 aliphatic rings. The number of carbonyl (C=O) groups excluding carboxylic acids is 1. The Morgan fingerprint density at radius 2 is 2.33 bits per heavy atom. The number of benzene rings is 1. The number of esters is 1. The SMILES string of the molecule is C=C1CC2COC(=O)C2(Cc2cccc(Br)c2)C1. The van der Waals surface area contributed by atoms with Gasteiger partial charge in [-0.25, -0.2) is 0 Å². The monoisotopic (exact) mass is 306 g/mol. The first-order valence-corrected chi connectivity index (χ1v) is 6.98. The number of carbonyl (C=O) groups is 1. The Morgan fingerprint density at radius 3 is 3.11 bits per heavy atom. The van der Waals surface area contributed by atoms with Gasteiger partial charge in [-0.2, -0.15) is 0 Å². The Hall–Kier alpha value is -1.09. The van der Waals surface area contributed by atoms with Crippen molar-refractivity contribution in [2.45, 2.75) is 19.3 Å². The number of allylic oxidation sites excluding steroid dienone is 1. The van der Waals surface area contributed by atoms with Crippen LogP contribution in [0, 0.1) is 11.3 Å². The van der Waals surface area contributed by atoms with Gasteiger partial charge in [-0.15, -0.1) is 0 Å². The van der Waals surface area contributed by atoms with Crippen molar-refractivity contribution >= 4 is 21.9 Å². The van der Waals surface area contributed by atoms with Gasteiger partial charge in [-0.05, 0) is 37.0 Å². The third kappa shape index (κ3) is 1.81. The van der Waals surface area contributed by atoms with Gasteiger partial charge in [0.05, 0.1) is 12.0 Å². The van der Waals surface area contributed by atoms with Crippen LogP contribution in [0.3, 0.4) is 0 Å². The van der Waals surface area contributed by atoms with Crippen LogP contribution >= 0.6 is 15.9 Å². The zero-order valence-corrected chi connectivity index (χ0v) is 11.7. The molecule has 2 atom stereocenters. The molecule has 1 aromatic rings. The van der Waals surface area contributed by atoms with Gasteiger partial charge in [-0.3, -0.25) is 4.79 Å². The van der Waals surface area contributed by atoms with Crippen LogP contribution in [0.4, 0.5) is 0 Å². The average molecular weight is 307 g/mol. The van der Waals surface area contributed by atoms with Crippen LogP contribution in [-0.2, 0) is 16.0 Å². The van der Waals surface area contributed by atoms with E-state index in [1.165, 1.54) is 11.1 Å². The number of cyclic esters (lactones) is 1. The zero-order valence-electron chi connectivity index (χ0n) is 10.1. The average Bonchev–Trinajstić information content (AvgIpc) is 2.76. The fourth-order valence-corrected chi connectivity index (χ4v) is 3.72. The van der Waals surface area contributed by atoms with Crippen molar-refractivity contribution < 1.29 is 9.53 Å². The Morgan fingerprint density at radius 1 is 1.50 bits per heavy atom. The minimum Gasteiger partial charge on any atom is -0.465 e. The lowest BCUT2D eigenvalue weighted by Gasteiger charge is -2.24. The van der Waals surface area contributed by atoms with E-state index in [1.807, 2.05) is 12.1 Å². The van der Waals surface area contributed by atoms with Crippen LogP contribution in [0.5, 0.6) is 0 Å². The molecule has 1 saturated carbocycles. The quantitative estimate of drug-likeness (QED) is 0.617. The van der Waals surface area contributed by atoms with Crippen LogP contribution in [0.2, 0.25) is 0 Å². The van der Waals surface area contributed by atoms with Crippen molar-refractivity contribution in [1.82, 2.24) is 0 Å². The van der Waals surface area contributed by atoms with E-state index in [2.05, 4.69) is 34.6 Å². The molecule has 3 heteroatoms. The van der Waals surface area contributed by atoms with Gasteiger partial charge in [0.25, 0.3) is 0 Å². The molecule has 0 amide bonds. The molecular weight excluding hydrogens is 292 g/mol. The second-order valence-corrected chi connectivity index (χ2v) is 6.30. The second kappa shape index (κ2) is 4.23. The predicted molar refractivity (Wildman–Crippen MR) is 73.1 cm³/mol. The lowest BCUT2D eigenvalue weighted by Crippen LogP contribution is -2.31. The summed E-state index contributed by atoms with van der Waals surface area (Å²) in [7, 11) is 0. The van der Waals surface area contributed by atoms with Gasteiger partial charge < -0.3 is 4.74 Å². The summed E-state index contributed by atoms with van der Waals surface area (Å²) in [4.78, 5) is 12.1. The van der Waals surface area contributed by atoms with Gasteiger partial charge in [0.15, 0.2) is 0 Å². The van der Waals surface area contributed by atoms with Crippen LogP contribution in [0.1, 0.15) is 18.4 Å². The molecule has 0 radical (unpaired) electrons. The molecular formula is C15H15BrO2. The summed E-state index contributed by atoms with van der Waals surface area (Å²) >= 11 is 3.48. The van der Waals surface area contributed by atoms with E-state index in [1.54, 1.807) is 0 Å². The highest BCUT2D eigenvalue weighted by atomic mass is 79.9. The van der Waals surface area contributed by atoms with Crippen LogP contribution in [0.15, 0.2) is 40.9 Å². The number of fused-ring (bicyclic) bond motifs is 1. The molecule has 2 fully saturated rings. The first-order valence-electron chi connectivity index (χ1n) is 6.18. The molecule has 94 valence electrons. The molecule has 1 saturated heterocycles. The van der Waals surface area contributed by atoms with Gasteiger partial charge >= 0.3 is 5.97 Å². The molecule has 0 aromatic heterocycles. The highest BCUT2D eigenvalue weighted by Gasteiger charge is 2.55. The Labute approximate surface area is 115 Å². The summed E-state index contributed by atoms with van der Waals surface area (Å²) < 4.78 is 6.33. The molecule has 3 rings (SSSR count). The number of hydrogen-bond donors (Lipinski definition) is 0. The normalized spacial score (nSPS) is 30.4. The topological polar surface area (TPSA) is 26.3 Å². The molecule has 18 heavy (non-hydrogen) atoms. The molecule has 2 nitrogen and oxygen atoms in total. The molecule has 1 heterocycles. The molecule has 0 spiro atoms. The summed E-state index contributed by atoms with van der Waals surface area (Å²) in [5, 5.41) is 0. The van der Waals surface area contributed by atoms with E-state index >= 15 is 0 Å². The highest BCUT2D eigenvalue weighted by molar-refractivity contribution is 9.10. The van der Waals surface area contributed by atoms with Crippen molar-refractivity contribution in [2.24, 2.45) is 11.3 Å². The third-order valence-electron chi connectivity index (χ3n) is 4.11. The lowest BCUT2D eigenvalue weighted by molar-refractivity contribution is -0.146. The van der Waals surface area contributed by atoms with Crippen molar-refractivity contribution in [2.75, 3.05) is 6.61 Å². The largest absolute Gasteiger partial charge is 0.465 e. The smallest absolute Gasteiger partial charge is 0.313 e. The molecule has 1 aliphatic carbocycles. The maximum Gasteiger partial charge on any atom is 0.313 e. The summed E-state index contributed by atoms with van der Waals surface area (Å²) in [5.74, 6) is 0.280. The van der Waals surface area contributed by atoms with E-state index < -0.39 is 0 Å². The molecule has 0 bridgehead atoms. The van der Waals surface area contributed by atoms with Crippen LogP contribution in [0.25, 0.3) is 0 Å². The van der Waals surface area contributed by atoms with E-state index in [0.29, 0.717) is 12.5 Å². The van der Waals surface area contributed by atoms with Crippen LogP contribution in [-0.4, -0.2) is 12.6 Å². The third-order valence-corrected chi connectivity index (χ3v) is 4.61. The number of hydrogen-bond acceptors (Lipinski definition) is 2. The zero-order chi connectivity index (χ0) is 12.8. The molecule has 1 aliphatic heterocycles. The maximum absolute atomic E-state index is 12.1. The Kier molecular flexibility index (Phi) is 2.81. The van der Waals surface area contributed by atoms with Crippen molar-refractivity contribution in [3.05, 3.63) is 46.5 Å². The summed E-state index contributed by atoms with van der Waals surface area (Å²) in [6.45, 7) is 4.62. The van der Waals surface area contributed by atoms with E-state index in [-0.39, 0.29) is 11.4 Å². The van der Waals surface area contributed by atoms with Crippen molar-refractivity contribution in [3.63, 3.8) is 0 Å². The van der Waals surface area contributed by atoms with Crippen molar-refractivity contribution in [1.29, 1.82) is 0 Å². The fraction of sp³-hybridized carbons (Fsp3) is 0.400. The number of halogens is 1. The summed E-state index contributed by atoms with van der Waals surface area (Å²) in [5.41, 5.74) is 2.02. The highest BCUT2D eigenvalue weighted by Crippen LogP contribution is 2.52. The van der Waals surface area contributed by atoms with Gasteiger partial charge in [0.2, 0.25) is 0 Å². The van der Waals surface area contributed by atoms with E-state index in [9.17, 15) is 4.79 Å². The summed E-state index contributed by atoms with van der Waals surface area (Å²) in [6.07, 6.45) is 2.47. The Bertz CT molecular complexity index is 523. The maximum atomic E-state index is 12.1. The predicted octanol–water partition coefficient (Wildman–Crippen LogP) is 3.50. The lowest BCUT2D eigenvalue weighted by atomic mass is 9.75. The standard InChI is InChI=1S/C15H15BrO2/c1-10-5-12-9-18-14(17)15(12,7-10)8-11-3-2-4-13(16)6-11/h2-4,6,12H,1,5,7-9H2. The van der Waals surface area contributed by atoms with E-state index in [4.69, 9.17) is 4.74 Å². The minimum absolute atomic E-state index is 0.0360. The Balaban J connectivity index is 1.94. The second-order valence-electron chi connectivity index (χ2n) is 5.39. The van der Waals surface area contributed by atoms with Gasteiger partial charge in [0, 0.05) is 10.4 Å². The van der Waals surface area contributed by atoms with E-state index in [0.717, 1.165) is 23.7 Å². The molecule has 0 N–H and O–H groups in total. The summed E-state index contributed by atoms with van der Waals surface area (Å²) in [6, 6.07) is 8.16. The van der Waals surface area contributed by atoms with Gasteiger partial charge in [-0.1, -0.05) is 40.2 Å². The van der Waals surface area contributed by atoms with Crippen LogP contribution < -0.4 is 0 Å². The fourth-order valence-electron chi connectivity index (χ4n) is 3.27. The minimum atomic E-state index is -0.349. The molecule has 1 aromatic carbocycles. The van der Waals surface area contributed by atoms with Gasteiger partial charge in [0.1, 0.15) is 0 Å². The molecule has 2 unspecified atom stereocenters. The number of rotatable bonds is 2. The van der Waals surface area contributed by atoms with Crippen molar-refractivity contribution in [3.8, 4) is 0 Å².